The second kappa shape index (κ2) is 5.41. The summed E-state index contributed by atoms with van der Waals surface area (Å²) < 4.78 is 5.76. The molecule has 92 valence electrons. The Bertz CT molecular complexity index is 420. The maximum Gasteiger partial charge on any atom is 0.123 e. The molecule has 1 N–H and O–H groups in total. The lowest BCUT2D eigenvalue weighted by molar-refractivity contribution is 0.316. The fraction of sp³-hybridized carbons (Fsp3) is 0.462. The van der Waals surface area contributed by atoms with Gasteiger partial charge in [-0.3, -0.25) is 4.99 Å². The second-order valence-corrected chi connectivity index (χ2v) is 4.27. The Kier molecular flexibility index (Phi) is 3.89. The molecule has 0 radical (unpaired) electrons. The molecule has 17 heavy (non-hydrogen) atoms. The topological polar surface area (TPSA) is 33.6 Å². The van der Waals surface area contributed by atoms with E-state index >= 15 is 0 Å². The SMILES string of the molecule is Cl.c1ccc2c(c1)OCCCC2C1=NCCN1. The highest BCUT2D eigenvalue weighted by atomic mass is 35.5. The van der Waals surface area contributed by atoms with E-state index in [9.17, 15) is 0 Å². The Hall–Kier alpha value is -1.22. The first-order valence-electron chi connectivity index (χ1n) is 5.95. The summed E-state index contributed by atoms with van der Waals surface area (Å²) >= 11 is 0. The number of ether oxygens (including phenoxy) is 1. The van der Waals surface area contributed by atoms with Crippen LogP contribution in [0.4, 0.5) is 0 Å². The zero-order valence-electron chi connectivity index (χ0n) is 9.69. The Balaban J connectivity index is 0.00000108. The molecule has 0 fully saturated rings. The van der Waals surface area contributed by atoms with Crippen LogP contribution in [0.3, 0.4) is 0 Å². The van der Waals surface area contributed by atoms with Gasteiger partial charge in [0.2, 0.25) is 0 Å². The summed E-state index contributed by atoms with van der Waals surface area (Å²) in [5.74, 6) is 2.58. The molecule has 4 heteroatoms. The number of fused-ring (bicyclic) bond motifs is 1. The third-order valence-electron chi connectivity index (χ3n) is 3.22. The largest absolute Gasteiger partial charge is 0.493 e. The van der Waals surface area contributed by atoms with E-state index in [0.717, 1.165) is 44.1 Å². The molecule has 1 unspecified atom stereocenters. The van der Waals surface area contributed by atoms with E-state index in [1.165, 1.54) is 5.56 Å². The first kappa shape index (κ1) is 12.2. The zero-order chi connectivity index (χ0) is 10.8. The second-order valence-electron chi connectivity index (χ2n) is 4.27. The molecule has 0 bridgehead atoms. The Morgan fingerprint density at radius 1 is 1.29 bits per heavy atom. The van der Waals surface area contributed by atoms with Gasteiger partial charge < -0.3 is 10.1 Å². The first-order chi connectivity index (χ1) is 7.95. The average Bonchev–Trinajstić information content (AvgIpc) is 2.76. The number of nitrogens with one attached hydrogen (secondary N) is 1. The van der Waals surface area contributed by atoms with Crippen molar-refractivity contribution in [1.82, 2.24) is 5.32 Å². The highest BCUT2D eigenvalue weighted by Crippen LogP contribution is 2.33. The predicted octanol–water partition coefficient (Wildman–Crippen LogP) is 2.37. The molecule has 0 saturated carbocycles. The summed E-state index contributed by atoms with van der Waals surface area (Å²) in [5.41, 5.74) is 1.29. The normalized spacial score (nSPS) is 22.4. The van der Waals surface area contributed by atoms with Gasteiger partial charge >= 0.3 is 0 Å². The van der Waals surface area contributed by atoms with Crippen LogP contribution in [0.5, 0.6) is 5.75 Å². The summed E-state index contributed by atoms with van der Waals surface area (Å²) in [6.07, 6.45) is 2.23. The minimum atomic E-state index is 0. The Morgan fingerprint density at radius 2 is 2.18 bits per heavy atom. The van der Waals surface area contributed by atoms with Crippen LogP contribution in [0.1, 0.15) is 24.3 Å². The van der Waals surface area contributed by atoms with Crippen LogP contribution in [0.2, 0.25) is 0 Å². The molecule has 1 aromatic carbocycles. The van der Waals surface area contributed by atoms with Crippen LogP contribution in [0, 0.1) is 0 Å². The van der Waals surface area contributed by atoms with Crippen LogP contribution >= 0.6 is 12.4 Å². The van der Waals surface area contributed by atoms with E-state index in [0.29, 0.717) is 5.92 Å². The monoisotopic (exact) mass is 252 g/mol. The quantitative estimate of drug-likeness (QED) is 0.833. The van der Waals surface area contributed by atoms with E-state index in [4.69, 9.17) is 4.74 Å². The van der Waals surface area contributed by atoms with Crippen molar-refractivity contribution in [3.63, 3.8) is 0 Å². The molecule has 0 aromatic heterocycles. The summed E-state index contributed by atoms with van der Waals surface area (Å²) in [4.78, 5) is 4.55. The number of benzene rings is 1. The van der Waals surface area contributed by atoms with Gasteiger partial charge in [0.1, 0.15) is 11.6 Å². The van der Waals surface area contributed by atoms with Crippen LogP contribution < -0.4 is 10.1 Å². The number of aliphatic imine (C=N–C) groups is 1. The van der Waals surface area contributed by atoms with Gasteiger partial charge in [-0.1, -0.05) is 18.2 Å². The van der Waals surface area contributed by atoms with E-state index in [-0.39, 0.29) is 12.4 Å². The average molecular weight is 253 g/mol. The molecule has 0 aliphatic carbocycles. The number of rotatable bonds is 1. The van der Waals surface area contributed by atoms with Crippen molar-refractivity contribution in [2.45, 2.75) is 18.8 Å². The lowest BCUT2D eigenvalue weighted by Gasteiger charge is -2.16. The van der Waals surface area contributed by atoms with Crippen LogP contribution in [0.15, 0.2) is 29.3 Å². The van der Waals surface area contributed by atoms with Gasteiger partial charge in [0, 0.05) is 18.0 Å². The standard InChI is InChI=1S/C13H16N2O.ClH/c1-2-6-12-10(4-1)11(5-3-9-16-12)13-14-7-8-15-13;/h1-2,4,6,11H,3,5,7-9H2,(H,14,15);1H. The third-order valence-corrected chi connectivity index (χ3v) is 3.22. The fourth-order valence-electron chi connectivity index (χ4n) is 2.46. The van der Waals surface area contributed by atoms with Crippen molar-refractivity contribution in [2.75, 3.05) is 19.7 Å². The molecule has 2 aliphatic rings. The van der Waals surface area contributed by atoms with Gasteiger partial charge in [-0.25, -0.2) is 0 Å². The van der Waals surface area contributed by atoms with E-state index in [2.05, 4.69) is 28.5 Å². The fourth-order valence-corrected chi connectivity index (χ4v) is 2.46. The maximum absolute atomic E-state index is 5.76. The first-order valence-corrected chi connectivity index (χ1v) is 5.95. The van der Waals surface area contributed by atoms with Crippen molar-refractivity contribution in [3.05, 3.63) is 29.8 Å². The molecule has 1 aromatic rings. The van der Waals surface area contributed by atoms with Crippen LogP contribution in [-0.2, 0) is 0 Å². The summed E-state index contributed by atoms with van der Waals surface area (Å²) in [5, 5.41) is 3.39. The number of hydrogen-bond donors (Lipinski definition) is 1. The molecule has 2 heterocycles. The lowest BCUT2D eigenvalue weighted by Crippen LogP contribution is -2.25. The van der Waals surface area contributed by atoms with Crippen LogP contribution in [-0.4, -0.2) is 25.5 Å². The highest BCUT2D eigenvalue weighted by Gasteiger charge is 2.25. The van der Waals surface area contributed by atoms with Gasteiger partial charge in [0.05, 0.1) is 13.2 Å². The van der Waals surface area contributed by atoms with Gasteiger partial charge in [-0.15, -0.1) is 12.4 Å². The zero-order valence-corrected chi connectivity index (χ0v) is 10.5. The lowest BCUT2D eigenvalue weighted by atomic mass is 9.93. The maximum atomic E-state index is 5.76. The van der Waals surface area contributed by atoms with E-state index in [1.54, 1.807) is 0 Å². The number of para-hydroxylation sites is 1. The van der Waals surface area contributed by atoms with E-state index < -0.39 is 0 Å². The molecule has 0 amide bonds. The molecule has 3 rings (SSSR count). The van der Waals surface area contributed by atoms with Gasteiger partial charge in [0.25, 0.3) is 0 Å². The van der Waals surface area contributed by atoms with Gasteiger partial charge in [-0.05, 0) is 18.9 Å². The van der Waals surface area contributed by atoms with Crippen LogP contribution in [0.25, 0.3) is 0 Å². The summed E-state index contributed by atoms with van der Waals surface area (Å²) in [6.45, 7) is 2.71. The summed E-state index contributed by atoms with van der Waals surface area (Å²) in [7, 11) is 0. The van der Waals surface area contributed by atoms with Crippen molar-refractivity contribution in [2.24, 2.45) is 4.99 Å². The molecule has 0 saturated heterocycles. The number of nitrogens with zero attached hydrogens (tertiary/aromatic N) is 1. The molecule has 3 nitrogen and oxygen atoms in total. The number of halogens is 1. The van der Waals surface area contributed by atoms with Crippen molar-refractivity contribution in [1.29, 1.82) is 0 Å². The molecule has 0 spiro atoms. The van der Waals surface area contributed by atoms with E-state index in [1.807, 2.05) is 6.07 Å². The highest BCUT2D eigenvalue weighted by molar-refractivity contribution is 5.90. The molecular formula is C13H17ClN2O. The molecule has 2 aliphatic heterocycles. The van der Waals surface area contributed by atoms with Gasteiger partial charge in [0.15, 0.2) is 0 Å². The smallest absolute Gasteiger partial charge is 0.123 e. The number of amidine groups is 1. The van der Waals surface area contributed by atoms with Crippen molar-refractivity contribution in [3.8, 4) is 5.75 Å². The molecule has 1 atom stereocenters. The Morgan fingerprint density at radius 3 is 3.00 bits per heavy atom. The minimum Gasteiger partial charge on any atom is -0.493 e. The summed E-state index contributed by atoms with van der Waals surface area (Å²) in [6, 6.07) is 8.33. The van der Waals surface area contributed by atoms with Gasteiger partial charge in [-0.2, -0.15) is 0 Å². The Labute approximate surface area is 108 Å². The molecular weight excluding hydrogens is 236 g/mol. The predicted molar refractivity (Wildman–Crippen MR) is 71.5 cm³/mol. The van der Waals surface area contributed by atoms with Crippen molar-refractivity contribution < 1.29 is 4.74 Å². The minimum absolute atomic E-state index is 0. The third kappa shape index (κ3) is 2.39. The number of hydrogen-bond acceptors (Lipinski definition) is 3. The van der Waals surface area contributed by atoms with Crippen molar-refractivity contribution >= 4 is 18.2 Å².